The highest BCUT2D eigenvalue weighted by Gasteiger charge is 2.14. The number of hydrogen-bond donors (Lipinski definition) is 2. The molecule has 0 aliphatic carbocycles. The van der Waals surface area contributed by atoms with Gasteiger partial charge in [-0.1, -0.05) is 0 Å². The molecule has 0 aliphatic heterocycles. The van der Waals surface area contributed by atoms with Gasteiger partial charge in [0.1, 0.15) is 11.9 Å². The predicted octanol–water partition coefficient (Wildman–Crippen LogP) is 2.37. The highest BCUT2D eigenvalue weighted by Crippen LogP contribution is 2.13. The topological polar surface area (TPSA) is 79.5 Å². The molecule has 1 amide bonds. The summed E-state index contributed by atoms with van der Waals surface area (Å²) in [4.78, 5) is 23.4. The number of aliphatic hydroxyl groups is 1. The maximum Gasteiger partial charge on any atom is 0.220 e. The third-order valence-corrected chi connectivity index (χ3v) is 3.18. The van der Waals surface area contributed by atoms with Gasteiger partial charge < -0.3 is 14.8 Å². The third-order valence-electron chi connectivity index (χ3n) is 3.18. The molecule has 2 aromatic rings. The van der Waals surface area contributed by atoms with Gasteiger partial charge >= 0.3 is 0 Å². The lowest BCUT2D eigenvalue weighted by atomic mass is 10.1. The lowest BCUT2D eigenvalue weighted by Crippen LogP contribution is -2.28. The molecule has 1 aromatic carbocycles. The number of carbonyl (C=O) groups excluding carboxylic acids is 2. The van der Waals surface area contributed by atoms with Crippen LogP contribution in [0.2, 0.25) is 0 Å². The van der Waals surface area contributed by atoms with Gasteiger partial charge in [0.2, 0.25) is 5.91 Å². The quantitative estimate of drug-likeness (QED) is 0.767. The van der Waals surface area contributed by atoms with Gasteiger partial charge in [-0.05, 0) is 30.3 Å². The first-order valence-electron chi connectivity index (χ1n) is 6.94. The van der Waals surface area contributed by atoms with E-state index in [4.69, 9.17) is 4.42 Å². The Morgan fingerprint density at radius 1 is 1.17 bits per heavy atom. The molecular weight excluding hydrogens is 308 g/mol. The number of nitrogens with one attached hydrogen (secondary N) is 1. The summed E-state index contributed by atoms with van der Waals surface area (Å²) < 4.78 is 30.8. The Kier molecular flexibility index (Phi) is 5.59. The first-order chi connectivity index (χ1) is 11.0. The van der Waals surface area contributed by atoms with E-state index >= 15 is 0 Å². The monoisotopic (exact) mass is 323 g/mol. The van der Waals surface area contributed by atoms with Crippen molar-refractivity contribution in [3.05, 3.63) is 59.6 Å². The Morgan fingerprint density at radius 3 is 2.61 bits per heavy atom. The second-order valence-electron chi connectivity index (χ2n) is 4.89. The Hall–Kier alpha value is -2.54. The van der Waals surface area contributed by atoms with Crippen LogP contribution in [0.15, 0.2) is 41.0 Å². The van der Waals surface area contributed by atoms with Gasteiger partial charge in [0.05, 0.1) is 12.8 Å². The summed E-state index contributed by atoms with van der Waals surface area (Å²) in [6.07, 6.45) is 0.160. The van der Waals surface area contributed by atoms with Gasteiger partial charge in [0.15, 0.2) is 17.4 Å². The molecule has 122 valence electrons. The van der Waals surface area contributed by atoms with Crippen LogP contribution in [0.25, 0.3) is 0 Å². The minimum Gasteiger partial charge on any atom is -0.467 e. The number of rotatable bonds is 7. The summed E-state index contributed by atoms with van der Waals surface area (Å²) in [5.41, 5.74) is 0.00678. The van der Waals surface area contributed by atoms with E-state index in [2.05, 4.69) is 5.32 Å². The van der Waals surface area contributed by atoms with Gasteiger partial charge in [-0.15, -0.1) is 0 Å². The fourth-order valence-corrected chi connectivity index (χ4v) is 1.92. The van der Waals surface area contributed by atoms with Crippen molar-refractivity contribution in [2.45, 2.75) is 18.9 Å². The van der Waals surface area contributed by atoms with Crippen LogP contribution < -0.4 is 5.32 Å². The van der Waals surface area contributed by atoms with Crippen molar-refractivity contribution < 1.29 is 27.9 Å². The molecule has 0 fully saturated rings. The van der Waals surface area contributed by atoms with Crippen molar-refractivity contribution in [3.8, 4) is 0 Å². The molecule has 23 heavy (non-hydrogen) atoms. The molecule has 5 nitrogen and oxygen atoms in total. The molecule has 0 saturated heterocycles. The zero-order valence-corrected chi connectivity index (χ0v) is 12.1. The van der Waals surface area contributed by atoms with E-state index in [1.54, 1.807) is 12.1 Å². The van der Waals surface area contributed by atoms with Crippen LogP contribution in [0.1, 0.15) is 35.1 Å². The van der Waals surface area contributed by atoms with Crippen molar-refractivity contribution in [1.29, 1.82) is 0 Å². The van der Waals surface area contributed by atoms with Crippen LogP contribution in [-0.2, 0) is 4.79 Å². The molecule has 0 saturated carbocycles. The van der Waals surface area contributed by atoms with Crippen LogP contribution in [0.5, 0.6) is 0 Å². The summed E-state index contributed by atoms with van der Waals surface area (Å²) in [6.45, 7) is -0.0499. The first kappa shape index (κ1) is 16.8. The van der Waals surface area contributed by atoms with Gasteiger partial charge in [-0.3, -0.25) is 9.59 Å². The molecule has 1 unspecified atom stereocenters. The van der Waals surface area contributed by atoms with E-state index in [0.717, 1.165) is 12.1 Å². The number of ketones is 1. The van der Waals surface area contributed by atoms with Gasteiger partial charge in [0.25, 0.3) is 0 Å². The number of Topliss-reactive ketones (excluding diaryl/α,β-unsaturated/α-hetero) is 1. The standard InChI is InChI=1S/C16H15F2NO4/c17-11-4-3-10(8-12(11)18)13(20)5-6-16(22)19-9-14(21)15-2-1-7-23-15/h1-4,7-8,14,21H,5-6,9H2,(H,19,22). The number of halogens is 2. The molecule has 1 atom stereocenters. The molecule has 2 rings (SSSR count). The minimum atomic E-state index is -1.11. The SMILES string of the molecule is O=C(CCC(=O)c1ccc(F)c(F)c1)NCC(O)c1ccco1. The van der Waals surface area contributed by atoms with Crippen molar-refractivity contribution >= 4 is 11.7 Å². The van der Waals surface area contributed by atoms with Crippen molar-refractivity contribution in [3.63, 3.8) is 0 Å². The first-order valence-corrected chi connectivity index (χ1v) is 6.94. The second-order valence-corrected chi connectivity index (χ2v) is 4.89. The Morgan fingerprint density at radius 2 is 1.96 bits per heavy atom. The van der Waals surface area contributed by atoms with E-state index < -0.39 is 29.4 Å². The van der Waals surface area contributed by atoms with Gasteiger partial charge in [-0.2, -0.15) is 0 Å². The average Bonchev–Trinajstić information content (AvgIpc) is 3.07. The molecule has 1 aromatic heterocycles. The van der Waals surface area contributed by atoms with Crippen LogP contribution in [0.3, 0.4) is 0 Å². The van der Waals surface area contributed by atoms with Gasteiger partial charge in [-0.25, -0.2) is 8.78 Å². The lowest BCUT2D eigenvalue weighted by Gasteiger charge is -2.09. The number of furan rings is 1. The number of hydrogen-bond acceptors (Lipinski definition) is 4. The maximum atomic E-state index is 13.0. The second kappa shape index (κ2) is 7.64. The number of aliphatic hydroxyl groups excluding tert-OH is 1. The van der Waals surface area contributed by atoms with E-state index in [1.165, 1.54) is 12.3 Å². The summed E-state index contributed by atoms with van der Waals surface area (Å²) in [6, 6.07) is 6.02. The zero-order chi connectivity index (χ0) is 16.8. The van der Waals surface area contributed by atoms with Crippen LogP contribution >= 0.6 is 0 Å². The summed E-state index contributed by atoms with van der Waals surface area (Å²) in [7, 11) is 0. The fourth-order valence-electron chi connectivity index (χ4n) is 1.92. The number of amides is 1. The molecule has 7 heteroatoms. The number of carbonyl (C=O) groups is 2. The van der Waals surface area contributed by atoms with Crippen LogP contribution in [0, 0.1) is 11.6 Å². The third kappa shape index (κ3) is 4.72. The number of benzene rings is 1. The smallest absolute Gasteiger partial charge is 0.220 e. The summed E-state index contributed by atoms with van der Waals surface area (Å²) in [5.74, 6) is -2.73. The van der Waals surface area contributed by atoms with Crippen LogP contribution in [0.4, 0.5) is 8.78 Å². The lowest BCUT2D eigenvalue weighted by molar-refractivity contribution is -0.121. The van der Waals surface area contributed by atoms with Crippen LogP contribution in [-0.4, -0.2) is 23.3 Å². The highest BCUT2D eigenvalue weighted by molar-refractivity contribution is 5.97. The Labute approximate surface area is 130 Å². The van der Waals surface area contributed by atoms with Gasteiger partial charge in [0, 0.05) is 18.4 Å². The molecule has 2 N–H and O–H groups in total. The molecule has 0 aliphatic rings. The Bertz CT molecular complexity index is 685. The van der Waals surface area contributed by atoms with E-state index in [0.29, 0.717) is 5.76 Å². The van der Waals surface area contributed by atoms with E-state index in [-0.39, 0.29) is 24.9 Å². The fraction of sp³-hybridized carbons (Fsp3) is 0.250. The zero-order valence-electron chi connectivity index (χ0n) is 12.1. The molecular formula is C16H15F2NO4. The van der Waals surface area contributed by atoms with Crippen molar-refractivity contribution in [2.24, 2.45) is 0 Å². The Balaban J connectivity index is 1.77. The molecule has 0 radical (unpaired) electrons. The minimum absolute atomic E-state index is 0.00678. The predicted molar refractivity (Wildman–Crippen MR) is 76.6 cm³/mol. The van der Waals surface area contributed by atoms with E-state index in [9.17, 15) is 23.5 Å². The summed E-state index contributed by atoms with van der Waals surface area (Å²) in [5, 5.41) is 12.2. The molecule has 1 heterocycles. The average molecular weight is 323 g/mol. The maximum absolute atomic E-state index is 13.0. The van der Waals surface area contributed by atoms with E-state index in [1.807, 2.05) is 0 Å². The molecule has 0 bridgehead atoms. The van der Waals surface area contributed by atoms with Crippen molar-refractivity contribution in [2.75, 3.05) is 6.54 Å². The normalized spacial score (nSPS) is 12.0. The molecule has 0 spiro atoms. The summed E-state index contributed by atoms with van der Waals surface area (Å²) >= 11 is 0. The largest absolute Gasteiger partial charge is 0.467 e. The highest BCUT2D eigenvalue weighted by atomic mass is 19.2. The van der Waals surface area contributed by atoms with Crippen molar-refractivity contribution in [1.82, 2.24) is 5.32 Å².